The van der Waals surface area contributed by atoms with Crippen LogP contribution in [0.1, 0.15) is 50.0 Å². The number of hydrogen-bond acceptors (Lipinski definition) is 5. The number of hydrogen-bond donors (Lipinski definition) is 1. The fourth-order valence-corrected chi connectivity index (χ4v) is 5.23. The molecule has 0 radical (unpaired) electrons. The number of fused-ring (bicyclic) bond motifs is 1. The summed E-state index contributed by atoms with van der Waals surface area (Å²) in [4.78, 5) is 2.51. The second-order valence-corrected chi connectivity index (χ2v) is 10.1. The third kappa shape index (κ3) is 4.93. The Bertz CT molecular complexity index is 1230. The molecular formula is C31H35NO4. The lowest BCUT2D eigenvalue weighted by molar-refractivity contribution is 0.169. The van der Waals surface area contributed by atoms with Crippen molar-refractivity contribution in [1.29, 1.82) is 0 Å². The summed E-state index contributed by atoms with van der Waals surface area (Å²) in [6.07, 6.45) is 0.988. The largest absolute Gasteiger partial charge is 0.508 e. The number of nitrogens with zero attached hydrogens (tertiary/aromatic N) is 1. The lowest BCUT2D eigenvalue weighted by atomic mass is 9.86. The minimum atomic E-state index is -0.283. The standard InChI is InChI=1S/C31H35NO4/c1-20-15-16-32(18-20)21(2)19-35-26-11-7-24(8-12-26)31-30(23-5-9-25(33)10-6-23)22(3)28-17-27(34-4)13-14-29(28)36-31/h5-14,17,20-21,31,33H,15-16,18-19H2,1-4H3/t20-,21+,31?/m1/s1. The van der Waals surface area contributed by atoms with E-state index in [4.69, 9.17) is 14.2 Å². The molecule has 1 saturated heterocycles. The number of methoxy groups -OCH3 is 1. The van der Waals surface area contributed by atoms with E-state index in [2.05, 4.69) is 37.8 Å². The molecule has 3 atom stereocenters. The highest BCUT2D eigenvalue weighted by Crippen LogP contribution is 2.47. The van der Waals surface area contributed by atoms with Gasteiger partial charge in [-0.3, -0.25) is 4.90 Å². The number of allylic oxidation sites excluding steroid dienone is 1. The number of benzene rings is 3. The monoisotopic (exact) mass is 485 g/mol. The predicted octanol–water partition coefficient (Wildman–Crippen LogP) is 6.57. The summed E-state index contributed by atoms with van der Waals surface area (Å²) in [5.74, 6) is 3.50. The summed E-state index contributed by atoms with van der Waals surface area (Å²) in [6, 6.07) is 21.9. The van der Waals surface area contributed by atoms with Gasteiger partial charge in [-0.25, -0.2) is 0 Å². The lowest BCUT2D eigenvalue weighted by Gasteiger charge is -2.31. The molecule has 0 aliphatic carbocycles. The quantitative estimate of drug-likeness (QED) is 0.410. The number of aromatic hydroxyl groups is 1. The lowest BCUT2D eigenvalue weighted by Crippen LogP contribution is -2.35. The fraction of sp³-hybridized carbons (Fsp3) is 0.355. The van der Waals surface area contributed by atoms with Gasteiger partial charge in [0.1, 0.15) is 35.7 Å². The Morgan fingerprint density at radius 2 is 1.75 bits per heavy atom. The summed E-state index contributed by atoms with van der Waals surface area (Å²) in [6.45, 7) is 9.67. The molecule has 0 saturated carbocycles. The van der Waals surface area contributed by atoms with E-state index in [1.807, 2.05) is 42.5 Å². The maximum Gasteiger partial charge on any atom is 0.150 e. The van der Waals surface area contributed by atoms with Crippen molar-refractivity contribution in [2.75, 3.05) is 26.8 Å². The van der Waals surface area contributed by atoms with Gasteiger partial charge in [-0.1, -0.05) is 31.2 Å². The van der Waals surface area contributed by atoms with E-state index < -0.39 is 0 Å². The molecule has 1 unspecified atom stereocenters. The first-order valence-corrected chi connectivity index (χ1v) is 12.7. The van der Waals surface area contributed by atoms with Crippen molar-refractivity contribution in [2.45, 2.75) is 39.3 Å². The van der Waals surface area contributed by atoms with Crippen LogP contribution in [0.15, 0.2) is 66.7 Å². The second-order valence-electron chi connectivity index (χ2n) is 10.1. The van der Waals surface area contributed by atoms with Crippen LogP contribution in [0.3, 0.4) is 0 Å². The van der Waals surface area contributed by atoms with Crippen molar-refractivity contribution in [3.05, 3.63) is 83.4 Å². The van der Waals surface area contributed by atoms with E-state index in [9.17, 15) is 5.11 Å². The Kier molecular flexibility index (Phi) is 6.92. The molecule has 5 rings (SSSR count). The molecular weight excluding hydrogens is 450 g/mol. The number of phenols is 1. The molecule has 3 aromatic rings. The Balaban J connectivity index is 1.41. The molecule has 0 aromatic heterocycles. The Morgan fingerprint density at radius 1 is 1.03 bits per heavy atom. The van der Waals surface area contributed by atoms with Crippen LogP contribution < -0.4 is 14.2 Å². The van der Waals surface area contributed by atoms with Crippen molar-refractivity contribution in [3.8, 4) is 23.0 Å². The highest BCUT2D eigenvalue weighted by molar-refractivity contribution is 5.95. The third-order valence-corrected chi connectivity index (χ3v) is 7.43. The van der Waals surface area contributed by atoms with Gasteiger partial charge in [0.25, 0.3) is 0 Å². The molecule has 2 aliphatic heterocycles. The Morgan fingerprint density at radius 3 is 2.42 bits per heavy atom. The van der Waals surface area contributed by atoms with Crippen molar-refractivity contribution in [1.82, 2.24) is 4.90 Å². The summed E-state index contributed by atoms with van der Waals surface area (Å²) >= 11 is 0. The zero-order chi connectivity index (χ0) is 25.2. The van der Waals surface area contributed by atoms with Gasteiger partial charge in [0, 0.05) is 23.7 Å². The average molecular weight is 486 g/mol. The molecule has 2 aliphatic rings. The smallest absolute Gasteiger partial charge is 0.150 e. The Labute approximate surface area is 213 Å². The molecule has 5 heteroatoms. The minimum absolute atomic E-state index is 0.242. The first-order valence-electron chi connectivity index (χ1n) is 12.7. The SMILES string of the molecule is COc1ccc2c(c1)C(C)=C(c1ccc(O)cc1)C(c1ccc(OC[C@H](C)N3CC[C@@H](C)C3)cc1)O2. The van der Waals surface area contributed by atoms with E-state index in [1.54, 1.807) is 19.2 Å². The number of likely N-dealkylation sites (tertiary alicyclic amines) is 1. The zero-order valence-corrected chi connectivity index (χ0v) is 21.5. The van der Waals surface area contributed by atoms with E-state index in [-0.39, 0.29) is 11.9 Å². The summed E-state index contributed by atoms with van der Waals surface area (Å²) in [5, 5.41) is 9.85. The van der Waals surface area contributed by atoms with E-state index in [0.717, 1.165) is 64.1 Å². The Hall–Kier alpha value is -3.44. The van der Waals surface area contributed by atoms with Gasteiger partial charge >= 0.3 is 0 Å². The summed E-state index contributed by atoms with van der Waals surface area (Å²) in [5.41, 5.74) is 5.27. The van der Waals surface area contributed by atoms with Crippen LogP contribution in [-0.4, -0.2) is 42.9 Å². The molecule has 5 nitrogen and oxygen atoms in total. The van der Waals surface area contributed by atoms with Crippen LogP contribution in [0.4, 0.5) is 0 Å². The molecule has 3 aromatic carbocycles. The van der Waals surface area contributed by atoms with Crippen LogP contribution in [0.25, 0.3) is 11.1 Å². The maximum absolute atomic E-state index is 9.85. The van der Waals surface area contributed by atoms with Gasteiger partial charge in [-0.2, -0.15) is 0 Å². The van der Waals surface area contributed by atoms with E-state index in [0.29, 0.717) is 12.6 Å². The van der Waals surface area contributed by atoms with E-state index in [1.165, 1.54) is 6.42 Å². The average Bonchev–Trinajstić information content (AvgIpc) is 3.34. The first-order chi connectivity index (χ1) is 17.4. The molecule has 36 heavy (non-hydrogen) atoms. The van der Waals surface area contributed by atoms with Crippen LogP contribution in [0, 0.1) is 5.92 Å². The van der Waals surface area contributed by atoms with Gasteiger partial charge in [-0.15, -0.1) is 0 Å². The molecule has 1 N–H and O–H groups in total. The highest BCUT2D eigenvalue weighted by atomic mass is 16.5. The third-order valence-electron chi connectivity index (χ3n) is 7.43. The summed E-state index contributed by atoms with van der Waals surface area (Å²) < 4.78 is 18.2. The molecule has 2 heterocycles. The number of rotatable bonds is 7. The predicted molar refractivity (Wildman–Crippen MR) is 144 cm³/mol. The normalized spacial score (nSPS) is 20.6. The first kappa shape index (κ1) is 24.3. The molecule has 188 valence electrons. The van der Waals surface area contributed by atoms with Crippen molar-refractivity contribution in [3.63, 3.8) is 0 Å². The highest BCUT2D eigenvalue weighted by Gasteiger charge is 2.30. The second kappa shape index (κ2) is 10.3. The molecule has 1 fully saturated rings. The zero-order valence-electron chi connectivity index (χ0n) is 21.5. The topological polar surface area (TPSA) is 51.2 Å². The van der Waals surface area contributed by atoms with Crippen LogP contribution in [0.2, 0.25) is 0 Å². The number of ether oxygens (including phenoxy) is 3. The molecule has 0 amide bonds. The molecule has 0 spiro atoms. The van der Waals surface area contributed by atoms with Crippen LogP contribution in [0.5, 0.6) is 23.0 Å². The van der Waals surface area contributed by atoms with Crippen LogP contribution in [-0.2, 0) is 0 Å². The fourth-order valence-electron chi connectivity index (χ4n) is 5.23. The van der Waals surface area contributed by atoms with Crippen LogP contribution >= 0.6 is 0 Å². The van der Waals surface area contributed by atoms with Crippen molar-refractivity contribution >= 4 is 11.1 Å². The van der Waals surface area contributed by atoms with Crippen molar-refractivity contribution in [2.24, 2.45) is 5.92 Å². The maximum atomic E-state index is 9.85. The van der Waals surface area contributed by atoms with Gasteiger partial charge in [-0.05, 0) is 91.9 Å². The van der Waals surface area contributed by atoms with Gasteiger partial charge in [0.2, 0.25) is 0 Å². The van der Waals surface area contributed by atoms with E-state index >= 15 is 0 Å². The van der Waals surface area contributed by atoms with Crippen molar-refractivity contribution < 1.29 is 19.3 Å². The minimum Gasteiger partial charge on any atom is -0.508 e. The van der Waals surface area contributed by atoms with Gasteiger partial charge in [0.05, 0.1) is 7.11 Å². The van der Waals surface area contributed by atoms with Gasteiger partial charge in [0.15, 0.2) is 0 Å². The molecule has 0 bridgehead atoms. The summed E-state index contributed by atoms with van der Waals surface area (Å²) in [7, 11) is 1.67. The number of phenolic OH excluding ortho intramolecular Hbond substituents is 1. The van der Waals surface area contributed by atoms with Gasteiger partial charge < -0.3 is 19.3 Å².